The smallest absolute Gasteiger partial charge is 0.267 e. The van der Waals surface area contributed by atoms with Crippen molar-refractivity contribution in [3.05, 3.63) is 40.0 Å². The normalized spacial score (nSPS) is 14.3. The van der Waals surface area contributed by atoms with E-state index in [2.05, 4.69) is 15.6 Å². The molecular formula is C13H10Cl2N4OS. The molecule has 1 amide bonds. The van der Waals surface area contributed by atoms with Gasteiger partial charge in [-0.1, -0.05) is 35.0 Å². The van der Waals surface area contributed by atoms with Crippen molar-refractivity contribution in [1.82, 2.24) is 5.32 Å². The minimum absolute atomic E-state index is 0.0590. The number of nitriles is 1. The van der Waals surface area contributed by atoms with Crippen LogP contribution in [0.3, 0.4) is 0 Å². The van der Waals surface area contributed by atoms with Gasteiger partial charge in [-0.05, 0) is 18.2 Å². The summed E-state index contributed by atoms with van der Waals surface area (Å²) in [6.45, 7) is 0.734. The van der Waals surface area contributed by atoms with E-state index in [1.165, 1.54) is 24.0 Å². The lowest BCUT2D eigenvalue weighted by molar-refractivity contribution is -0.112. The molecule has 0 spiro atoms. The van der Waals surface area contributed by atoms with Crippen LogP contribution >= 0.6 is 35.0 Å². The zero-order valence-corrected chi connectivity index (χ0v) is 13.0. The molecule has 0 aliphatic carbocycles. The number of amidine groups is 1. The third kappa shape index (κ3) is 4.39. The second kappa shape index (κ2) is 7.36. The third-order valence-corrected chi connectivity index (χ3v) is 4.11. The van der Waals surface area contributed by atoms with Crippen LogP contribution in [-0.4, -0.2) is 23.4 Å². The van der Waals surface area contributed by atoms with Crippen LogP contribution in [-0.2, 0) is 4.79 Å². The zero-order valence-electron chi connectivity index (χ0n) is 10.7. The quantitative estimate of drug-likeness (QED) is 0.654. The minimum Gasteiger partial charge on any atom is -0.340 e. The number of hydrogen-bond donors (Lipinski definition) is 2. The molecule has 1 aliphatic heterocycles. The maximum Gasteiger partial charge on any atom is 0.267 e. The number of hydrogen-bond acceptors (Lipinski definition) is 5. The van der Waals surface area contributed by atoms with Gasteiger partial charge in [0, 0.05) is 17.6 Å². The van der Waals surface area contributed by atoms with Gasteiger partial charge in [0.25, 0.3) is 5.91 Å². The Morgan fingerprint density at radius 3 is 2.86 bits per heavy atom. The summed E-state index contributed by atoms with van der Waals surface area (Å²) in [6.07, 6.45) is 1.34. The van der Waals surface area contributed by atoms with Crippen LogP contribution < -0.4 is 10.6 Å². The molecule has 0 radical (unpaired) electrons. The molecule has 8 heteroatoms. The van der Waals surface area contributed by atoms with Crippen LogP contribution in [0.25, 0.3) is 0 Å². The zero-order chi connectivity index (χ0) is 15.2. The molecule has 2 N–H and O–H groups in total. The molecule has 2 rings (SSSR count). The van der Waals surface area contributed by atoms with E-state index in [4.69, 9.17) is 28.5 Å². The van der Waals surface area contributed by atoms with Gasteiger partial charge in [0.1, 0.15) is 11.6 Å². The molecule has 1 aromatic carbocycles. The second-order valence-electron chi connectivity index (χ2n) is 3.93. The number of nitrogens with one attached hydrogen (secondary N) is 2. The third-order valence-electron chi connectivity index (χ3n) is 2.47. The lowest BCUT2D eigenvalue weighted by Gasteiger charge is -2.06. The molecule has 108 valence electrons. The van der Waals surface area contributed by atoms with Crippen molar-refractivity contribution in [3.8, 4) is 6.07 Å². The summed E-state index contributed by atoms with van der Waals surface area (Å²) < 4.78 is 0. The standard InChI is InChI=1S/C13H10Cl2N4OS/c14-10-2-1-9(5-11(10)15)19-12(20)8(6-16)7-18-13-17-3-4-21-13/h1-2,5,7H,3-4H2,(H,17,18)(H,19,20)/b8-7-. The summed E-state index contributed by atoms with van der Waals surface area (Å²) in [6, 6.07) is 6.52. The first-order valence-corrected chi connectivity index (χ1v) is 7.65. The van der Waals surface area contributed by atoms with Gasteiger partial charge in [-0.3, -0.25) is 9.79 Å². The Kier molecular flexibility index (Phi) is 5.51. The van der Waals surface area contributed by atoms with Crippen LogP contribution in [0.5, 0.6) is 0 Å². The highest BCUT2D eigenvalue weighted by atomic mass is 35.5. The van der Waals surface area contributed by atoms with Gasteiger partial charge < -0.3 is 10.6 Å². The minimum atomic E-state index is -0.535. The molecule has 1 aliphatic rings. The Balaban J connectivity index is 2.04. The monoisotopic (exact) mass is 340 g/mol. The number of aliphatic imine (C=N–C) groups is 1. The number of nitrogens with zero attached hydrogens (tertiary/aromatic N) is 2. The Morgan fingerprint density at radius 1 is 1.43 bits per heavy atom. The van der Waals surface area contributed by atoms with Crippen LogP contribution in [0.1, 0.15) is 0 Å². The highest BCUT2D eigenvalue weighted by Crippen LogP contribution is 2.25. The lowest BCUT2D eigenvalue weighted by Crippen LogP contribution is -2.18. The van der Waals surface area contributed by atoms with Gasteiger partial charge in [-0.2, -0.15) is 5.26 Å². The van der Waals surface area contributed by atoms with Crippen LogP contribution in [0.15, 0.2) is 35.0 Å². The maximum atomic E-state index is 12.0. The van der Waals surface area contributed by atoms with Crippen molar-refractivity contribution in [2.75, 3.05) is 17.6 Å². The van der Waals surface area contributed by atoms with E-state index in [9.17, 15) is 4.79 Å². The molecular weight excluding hydrogens is 331 g/mol. The number of benzene rings is 1. The van der Waals surface area contributed by atoms with E-state index in [0.29, 0.717) is 20.9 Å². The molecule has 0 saturated heterocycles. The first kappa shape index (κ1) is 15.7. The van der Waals surface area contributed by atoms with Gasteiger partial charge in [-0.15, -0.1) is 0 Å². The van der Waals surface area contributed by atoms with E-state index < -0.39 is 5.91 Å². The van der Waals surface area contributed by atoms with Crippen molar-refractivity contribution in [2.45, 2.75) is 0 Å². The van der Waals surface area contributed by atoms with E-state index in [-0.39, 0.29) is 5.57 Å². The number of thioether (sulfide) groups is 1. The lowest BCUT2D eigenvalue weighted by atomic mass is 10.2. The van der Waals surface area contributed by atoms with E-state index in [1.807, 2.05) is 6.07 Å². The Morgan fingerprint density at radius 2 is 2.24 bits per heavy atom. The molecule has 0 unspecified atom stereocenters. The van der Waals surface area contributed by atoms with Crippen LogP contribution in [0.4, 0.5) is 5.69 Å². The van der Waals surface area contributed by atoms with Gasteiger partial charge in [0.05, 0.1) is 16.6 Å². The van der Waals surface area contributed by atoms with Gasteiger partial charge in [-0.25, -0.2) is 0 Å². The number of halogens is 2. The average molecular weight is 341 g/mol. The number of amides is 1. The second-order valence-corrected chi connectivity index (χ2v) is 5.83. The predicted octanol–water partition coefficient (Wildman–Crippen LogP) is 3.03. The molecule has 1 heterocycles. The first-order chi connectivity index (χ1) is 10.1. The highest BCUT2D eigenvalue weighted by molar-refractivity contribution is 8.14. The number of anilines is 1. The van der Waals surface area contributed by atoms with Gasteiger partial charge >= 0.3 is 0 Å². The topological polar surface area (TPSA) is 77.3 Å². The maximum absolute atomic E-state index is 12.0. The average Bonchev–Trinajstić information content (AvgIpc) is 2.97. The fraction of sp³-hybridized carbons (Fsp3) is 0.154. The Labute approximate surface area is 136 Å². The summed E-state index contributed by atoms with van der Waals surface area (Å²) in [4.78, 5) is 16.1. The molecule has 0 saturated carbocycles. The van der Waals surface area contributed by atoms with E-state index >= 15 is 0 Å². The van der Waals surface area contributed by atoms with Crippen LogP contribution in [0.2, 0.25) is 10.0 Å². The van der Waals surface area contributed by atoms with E-state index in [0.717, 1.165) is 12.3 Å². The van der Waals surface area contributed by atoms with Crippen LogP contribution in [0, 0.1) is 11.3 Å². The summed E-state index contributed by atoms with van der Waals surface area (Å²) >= 11 is 13.2. The highest BCUT2D eigenvalue weighted by Gasteiger charge is 2.11. The summed E-state index contributed by atoms with van der Waals surface area (Å²) in [5.74, 6) is 0.361. The predicted molar refractivity (Wildman–Crippen MR) is 86.7 cm³/mol. The molecule has 0 atom stereocenters. The van der Waals surface area contributed by atoms with Gasteiger partial charge in [0.2, 0.25) is 0 Å². The summed E-state index contributed by atoms with van der Waals surface area (Å²) in [7, 11) is 0. The fourth-order valence-corrected chi connectivity index (χ4v) is 2.48. The van der Waals surface area contributed by atoms with Crippen molar-refractivity contribution in [2.24, 2.45) is 4.99 Å². The van der Waals surface area contributed by atoms with Crippen molar-refractivity contribution >= 4 is 51.7 Å². The van der Waals surface area contributed by atoms with Crippen molar-refractivity contribution in [3.63, 3.8) is 0 Å². The Bertz CT molecular complexity index is 667. The molecule has 5 nitrogen and oxygen atoms in total. The Hall–Kier alpha value is -1.68. The molecule has 0 bridgehead atoms. The first-order valence-electron chi connectivity index (χ1n) is 5.90. The fourth-order valence-electron chi connectivity index (χ4n) is 1.48. The van der Waals surface area contributed by atoms with Crippen molar-refractivity contribution in [1.29, 1.82) is 5.26 Å². The molecule has 0 fully saturated rings. The number of rotatable bonds is 3. The molecule has 0 aromatic heterocycles. The number of carbonyl (C=O) groups excluding carboxylic acids is 1. The molecule has 1 aromatic rings. The summed E-state index contributed by atoms with van der Waals surface area (Å²) in [5.41, 5.74) is 0.402. The van der Waals surface area contributed by atoms with E-state index in [1.54, 1.807) is 12.1 Å². The summed E-state index contributed by atoms with van der Waals surface area (Å²) in [5, 5.41) is 15.9. The molecule has 21 heavy (non-hydrogen) atoms. The SMILES string of the molecule is N#C/C(=C/NC1=NCCS1)C(=O)Nc1ccc(Cl)c(Cl)c1. The number of carbonyl (C=O) groups is 1. The largest absolute Gasteiger partial charge is 0.340 e. The van der Waals surface area contributed by atoms with Gasteiger partial charge in [0.15, 0.2) is 5.17 Å². The van der Waals surface area contributed by atoms with Crippen molar-refractivity contribution < 1.29 is 4.79 Å².